The molecule has 3 aromatic rings. The molecule has 0 spiro atoms. The van der Waals surface area contributed by atoms with Crippen LogP contribution in [-0.4, -0.2) is 15.3 Å². The number of aromatic nitrogens is 2. The molecule has 22 heavy (non-hydrogen) atoms. The number of carbonyl (C=O) groups is 1. The zero-order valence-corrected chi connectivity index (χ0v) is 13.7. The fraction of sp³-hybridized carbons (Fsp3) is 0.0667. The number of hydrogen-bond acceptors (Lipinski definition) is 2. The first-order valence-corrected chi connectivity index (χ1v) is 7.50. The smallest absolute Gasteiger partial charge is 0.274 e. The minimum atomic E-state index is -0.359. The Hall–Kier alpha value is -1.75. The lowest BCUT2D eigenvalue weighted by Gasteiger charge is -2.09. The number of benzene rings is 1. The molecule has 0 atom stereocenters. The van der Waals surface area contributed by atoms with Crippen molar-refractivity contribution in [3.8, 4) is 0 Å². The van der Waals surface area contributed by atoms with Crippen molar-refractivity contribution in [1.82, 2.24) is 9.38 Å². The Morgan fingerprint density at radius 3 is 2.50 bits per heavy atom. The van der Waals surface area contributed by atoms with Crippen molar-refractivity contribution in [2.45, 2.75) is 6.92 Å². The molecule has 0 unspecified atom stereocenters. The first-order chi connectivity index (χ1) is 10.5. The van der Waals surface area contributed by atoms with Gasteiger partial charge in [-0.15, -0.1) is 0 Å². The second-order valence-electron chi connectivity index (χ2n) is 4.67. The molecule has 2 heterocycles. The molecule has 0 saturated heterocycles. The van der Waals surface area contributed by atoms with E-state index in [9.17, 15) is 4.79 Å². The molecule has 3 rings (SSSR count). The highest BCUT2D eigenvalue weighted by Gasteiger charge is 2.19. The number of fused-ring (bicyclic) bond motifs is 1. The fourth-order valence-corrected chi connectivity index (χ4v) is 2.85. The SMILES string of the molecule is Cc1nc2ccc(Cl)cn2c1C(=O)Nc1c(Cl)cccc1Cl. The van der Waals surface area contributed by atoms with Gasteiger partial charge in [0.2, 0.25) is 0 Å². The van der Waals surface area contributed by atoms with Gasteiger partial charge < -0.3 is 5.32 Å². The van der Waals surface area contributed by atoms with Crippen molar-refractivity contribution >= 4 is 52.0 Å². The van der Waals surface area contributed by atoms with Crippen LogP contribution in [-0.2, 0) is 0 Å². The zero-order chi connectivity index (χ0) is 15.9. The minimum Gasteiger partial charge on any atom is -0.318 e. The Kier molecular flexibility index (Phi) is 4.00. The third-order valence-electron chi connectivity index (χ3n) is 3.17. The number of nitrogens with zero attached hydrogens (tertiary/aromatic N) is 2. The summed E-state index contributed by atoms with van der Waals surface area (Å²) in [5, 5.41) is 3.97. The van der Waals surface area contributed by atoms with Gasteiger partial charge in [0, 0.05) is 6.20 Å². The summed E-state index contributed by atoms with van der Waals surface area (Å²) in [6, 6.07) is 8.48. The van der Waals surface area contributed by atoms with E-state index in [-0.39, 0.29) is 5.91 Å². The van der Waals surface area contributed by atoms with Crippen LogP contribution in [0.4, 0.5) is 5.69 Å². The third-order valence-corrected chi connectivity index (χ3v) is 4.03. The van der Waals surface area contributed by atoms with E-state index >= 15 is 0 Å². The maximum Gasteiger partial charge on any atom is 0.274 e. The number of anilines is 1. The Labute approximate surface area is 141 Å². The Morgan fingerprint density at radius 1 is 1.14 bits per heavy atom. The lowest BCUT2D eigenvalue weighted by Crippen LogP contribution is -2.16. The van der Waals surface area contributed by atoms with Crippen LogP contribution in [0.3, 0.4) is 0 Å². The predicted octanol–water partition coefficient (Wildman–Crippen LogP) is 4.86. The Bertz CT molecular complexity index is 869. The summed E-state index contributed by atoms with van der Waals surface area (Å²) in [6.45, 7) is 1.75. The largest absolute Gasteiger partial charge is 0.318 e. The van der Waals surface area contributed by atoms with Crippen LogP contribution in [0.2, 0.25) is 15.1 Å². The summed E-state index contributed by atoms with van der Waals surface area (Å²) in [6.07, 6.45) is 1.64. The molecule has 1 amide bonds. The summed E-state index contributed by atoms with van der Waals surface area (Å²) in [4.78, 5) is 16.9. The highest BCUT2D eigenvalue weighted by molar-refractivity contribution is 6.40. The molecular formula is C15H10Cl3N3O. The van der Waals surface area contributed by atoms with Crippen molar-refractivity contribution in [2.75, 3.05) is 5.32 Å². The van der Waals surface area contributed by atoms with Crippen molar-refractivity contribution in [1.29, 1.82) is 0 Å². The number of aryl methyl sites for hydroxylation is 1. The normalized spacial score (nSPS) is 10.9. The van der Waals surface area contributed by atoms with Crippen molar-refractivity contribution < 1.29 is 4.79 Å². The van der Waals surface area contributed by atoms with Gasteiger partial charge in [0.05, 0.1) is 26.4 Å². The van der Waals surface area contributed by atoms with Crippen LogP contribution in [0.5, 0.6) is 0 Å². The van der Waals surface area contributed by atoms with Crippen LogP contribution in [0.1, 0.15) is 16.2 Å². The van der Waals surface area contributed by atoms with E-state index in [0.717, 1.165) is 0 Å². The summed E-state index contributed by atoms with van der Waals surface area (Å²) < 4.78 is 1.64. The van der Waals surface area contributed by atoms with E-state index in [0.29, 0.717) is 37.8 Å². The van der Waals surface area contributed by atoms with E-state index in [1.165, 1.54) is 0 Å². The van der Waals surface area contributed by atoms with Gasteiger partial charge in [-0.3, -0.25) is 9.20 Å². The first-order valence-electron chi connectivity index (χ1n) is 6.37. The van der Waals surface area contributed by atoms with E-state index in [1.54, 1.807) is 47.9 Å². The quantitative estimate of drug-likeness (QED) is 0.714. The zero-order valence-electron chi connectivity index (χ0n) is 11.4. The van der Waals surface area contributed by atoms with E-state index in [4.69, 9.17) is 34.8 Å². The summed E-state index contributed by atoms with van der Waals surface area (Å²) >= 11 is 18.1. The van der Waals surface area contributed by atoms with Crippen molar-refractivity contribution in [3.05, 3.63) is 63.0 Å². The van der Waals surface area contributed by atoms with Crippen LogP contribution in [0, 0.1) is 6.92 Å². The molecule has 4 nitrogen and oxygen atoms in total. The number of nitrogens with one attached hydrogen (secondary N) is 1. The molecule has 2 aromatic heterocycles. The third kappa shape index (κ3) is 2.65. The van der Waals surface area contributed by atoms with Crippen molar-refractivity contribution in [2.24, 2.45) is 0 Å². The number of carbonyl (C=O) groups excluding carboxylic acids is 1. The molecule has 112 valence electrons. The van der Waals surface area contributed by atoms with Crippen molar-refractivity contribution in [3.63, 3.8) is 0 Å². The van der Waals surface area contributed by atoms with Gasteiger partial charge in [0.25, 0.3) is 5.91 Å². The predicted molar refractivity (Wildman–Crippen MR) is 89.4 cm³/mol. The van der Waals surface area contributed by atoms with Crippen LogP contribution in [0.25, 0.3) is 5.65 Å². The second kappa shape index (κ2) is 5.80. The highest BCUT2D eigenvalue weighted by atomic mass is 35.5. The van der Waals surface area contributed by atoms with Gasteiger partial charge in [-0.2, -0.15) is 0 Å². The molecule has 0 aliphatic carbocycles. The summed E-state index contributed by atoms with van der Waals surface area (Å²) in [7, 11) is 0. The van der Waals surface area contributed by atoms with Gasteiger partial charge in [0.1, 0.15) is 11.3 Å². The molecule has 0 saturated carbocycles. The van der Waals surface area contributed by atoms with Gasteiger partial charge in [-0.1, -0.05) is 40.9 Å². The number of halogens is 3. The lowest BCUT2D eigenvalue weighted by atomic mass is 10.2. The summed E-state index contributed by atoms with van der Waals surface area (Å²) in [5.41, 5.74) is 1.97. The first kappa shape index (κ1) is 15.2. The fourth-order valence-electron chi connectivity index (χ4n) is 2.20. The topological polar surface area (TPSA) is 46.4 Å². The molecule has 0 aliphatic rings. The van der Waals surface area contributed by atoms with E-state index < -0.39 is 0 Å². The number of pyridine rings is 1. The van der Waals surface area contributed by atoms with Gasteiger partial charge in [-0.05, 0) is 31.2 Å². The molecule has 0 fully saturated rings. The number of para-hydroxylation sites is 1. The molecule has 0 radical (unpaired) electrons. The number of hydrogen-bond donors (Lipinski definition) is 1. The van der Waals surface area contributed by atoms with Gasteiger partial charge >= 0.3 is 0 Å². The average molecular weight is 355 g/mol. The standard InChI is InChI=1S/C15H10Cl3N3O/c1-8-14(21-7-9(16)5-6-12(21)19-8)15(22)20-13-10(17)3-2-4-11(13)18/h2-7H,1H3,(H,20,22). The van der Waals surface area contributed by atoms with Crippen LogP contribution in [0.15, 0.2) is 36.5 Å². The Morgan fingerprint density at radius 2 is 1.82 bits per heavy atom. The molecule has 0 aliphatic heterocycles. The molecule has 1 N–H and O–H groups in total. The lowest BCUT2D eigenvalue weighted by molar-refractivity contribution is 0.102. The number of amides is 1. The van der Waals surface area contributed by atoms with Crippen LogP contribution >= 0.6 is 34.8 Å². The maximum atomic E-state index is 12.6. The second-order valence-corrected chi connectivity index (χ2v) is 5.92. The molecule has 1 aromatic carbocycles. The monoisotopic (exact) mass is 353 g/mol. The maximum absolute atomic E-state index is 12.6. The summed E-state index contributed by atoms with van der Waals surface area (Å²) in [5.74, 6) is -0.359. The van der Waals surface area contributed by atoms with Gasteiger partial charge in [0.15, 0.2) is 0 Å². The Balaban J connectivity index is 2.06. The minimum absolute atomic E-state index is 0.359. The van der Waals surface area contributed by atoms with Crippen LogP contribution < -0.4 is 5.32 Å². The molecule has 0 bridgehead atoms. The molecule has 7 heteroatoms. The van der Waals surface area contributed by atoms with Gasteiger partial charge in [-0.25, -0.2) is 4.98 Å². The average Bonchev–Trinajstić information content (AvgIpc) is 2.78. The van der Waals surface area contributed by atoms with E-state index in [1.807, 2.05) is 0 Å². The highest BCUT2D eigenvalue weighted by Crippen LogP contribution is 2.30. The van der Waals surface area contributed by atoms with E-state index in [2.05, 4.69) is 10.3 Å². The molecular weight excluding hydrogens is 345 g/mol. The number of rotatable bonds is 2. The number of imidazole rings is 1.